The van der Waals surface area contributed by atoms with Crippen molar-refractivity contribution in [3.05, 3.63) is 29.3 Å². The molecule has 0 aromatic heterocycles. The first-order valence-corrected chi connectivity index (χ1v) is 6.31. The molecule has 0 amide bonds. The smallest absolute Gasteiger partial charge is 0.384 e. The third-order valence-electron chi connectivity index (χ3n) is 3.12. The van der Waals surface area contributed by atoms with Gasteiger partial charge in [-0.1, -0.05) is 0 Å². The second-order valence-electron chi connectivity index (χ2n) is 4.87. The van der Waals surface area contributed by atoms with E-state index in [9.17, 15) is 13.2 Å². The second-order valence-corrected chi connectivity index (χ2v) is 4.87. The highest BCUT2D eigenvalue weighted by Crippen LogP contribution is 2.33. The van der Waals surface area contributed by atoms with Crippen molar-refractivity contribution in [1.82, 2.24) is 4.90 Å². The molecule has 0 aliphatic carbocycles. The predicted molar refractivity (Wildman–Crippen MR) is 72.4 cm³/mol. The van der Waals surface area contributed by atoms with Gasteiger partial charge in [-0.2, -0.15) is 18.4 Å². The number of likely N-dealkylation sites (N-methyl/N-ethyl adjacent to an activating group) is 1. The maximum absolute atomic E-state index is 12.8. The van der Waals surface area contributed by atoms with Crippen LogP contribution in [0, 0.1) is 11.3 Å². The zero-order chi connectivity index (χ0) is 15.3. The van der Waals surface area contributed by atoms with Crippen molar-refractivity contribution in [2.24, 2.45) is 0 Å². The van der Waals surface area contributed by atoms with Gasteiger partial charge in [-0.25, -0.2) is 0 Å². The summed E-state index contributed by atoms with van der Waals surface area (Å²) >= 11 is 0. The van der Waals surface area contributed by atoms with Crippen LogP contribution >= 0.6 is 0 Å². The summed E-state index contributed by atoms with van der Waals surface area (Å²) in [5.74, 6) is 0. The average Bonchev–Trinajstić information content (AvgIpc) is 2.37. The predicted octanol–water partition coefficient (Wildman–Crippen LogP) is 3.33. The first-order valence-electron chi connectivity index (χ1n) is 6.31. The normalized spacial score (nSPS) is 11.8. The number of nitriles is 1. The SMILES string of the molecule is CC(C)N(C)CCNc1ccc(C#N)c(C(F)(F)F)c1. The number of hydrogen-bond donors (Lipinski definition) is 1. The number of benzene rings is 1. The Balaban J connectivity index is 2.76. The molecule has 3 nitrogen and oxygen atoms in total. The molecule has 0 aliphatic rings. The van der Waals surface area contributed by atoms with E-state index in [-0.39, 0.29) is 5.56 Å². The van der Waals surface area contributed by atoms with E-state index in [1.807, 2.05) is 20.9 Å². The summed E-state index contributed by atoms with van der Waals surface area (Å²) in [6.45, 7) is 5.35. The first kappa shape index (κ1) is 16.3. The molecule has 1 aromatic carbocycles. The van der Waals surface area contributed by atoms with Gasteiger partial charge in [0.2, 0.25) is 0 Å². The Hall–Kier alpha value is -1.74. The molecular weight excluding hydrogens is 267 g/mol. The van der Waals surface area contributed by atoms with Crippen LogP contribution in [-0.2, 0) is 6.18 Å². The minimum absolute atomic E-state index is 0.359. The van der Waals surface area contributed by atoms with Crippen molar-refractivity contribution in [2.45, 2.75) is 26.1 Å². The Labute approximate surface area is 117 Å². The summed E-state index contributed by atoms with van der Waals surface area (Å²) in [7, 11) is 1.95. The van der Waals surface area contributed by atoms with Crippen LogP contribution in [0.5, 0.6) is 0 Å². The van der Waals surface area contributed by atoms with Gasteiger partial charge in [-0.15, -0.1) is 0 Å². The average molecular weight is 285 g/mol. The van der Waals surface area contributed by atoms with Crippen LogP contribution in [0.4, 0.5) is 18.9 Å². The maximum Gasteiger partial charge on any atom is 0.417 e. The monoisotopic (exact) mass is 285 g/mol. The molecule has 1 rings (SSSR count). The molecular formula is C14H18F3N3. The van der Waals surface area contributed by atoms with E-state index >= 15 is 0 Å². The van der Waals surface area contributed by atoms with Crippen molar-refractivity contribution in [2.75, 3.05) is 25.5 Å². The van der Waals surface area contributed by atoms with Gasteiger partial charge < -0.3 is 10.2 Å². The fourth-order valence-corrected chi connectivity index (χ4v) is 1.62. The molecule has 6 heteroatoms. The zero-order valence-electron chi connectivity index (χ0n) is 11.8. The van der Waals surface area contributed by atoms with Gasteiger partial charge in [0.15, 0.2) is 0 Å². The lowest BCUT2D eigenvalue weighted by Gasteiger charge is -2.21. The number of halogens is 3. The van der Waals surface area contributed by atoms with Crippen LogP contribution in [0.1, 0.15) is 25.0 Å². The highest BCUT2D eigenvalue weighted by Gasteiger charge is 2.33. The molecule has 110 valence electrons. The van der Waals surface area contributed by atoms with Crippen molar-refractivity contribution in [1.29, 1.82) is 5.26 Å². The minimum atomic E-state index is -4.52. The number of alkyl halides is 3. The Morgan fingerprint density at radius 1 is 1.35 bits per heavy atom. The number of nitrogens with zero attached hydrogens (tertiary/aromatic N) is 2. The Bertz CT molecular complexity index is 489. The number of nitrogens with one attached hydrogen (secondary N) is 1. The van der Waals surface area contributed by atoms with Gasteiger partial charge in [-0.3, -0.25) is 0 Å². The van der Waals surface area contributed by atoms with Crippen molar-refractivity contribution in [3.63, 3.8) is 0 Å². The molecule has 0 saturated heterocycles. The standard InChI is InChI=1S/C14H18F3N3/c1-10(2)20(3)7-6-19-12-5-4-11(9-18)13(8-12)14(15,16)17/h4-5,8,10,19H,6-7H2,1-3H3. The summed E-state index contributed by atoms with van der Waals surface area (Å²) in [6, 6.07) is 5.60. The maximum atomic E-state index is 12.8. The molecule has 1 aromatic rings. The van der Waals surface area contributed by atoms with Crippen molar-refractivity contribution in [3.8, 4) is 6.07 Å². The zero-order valence-corrected chi connectivity index (χ0v) is 11.8. The van der Waals surface area contributed by atoms with E-state index in [4.69, 9.17) is 5.26 Å². The van der Waals surface area contributed by atoms with Gasteiger partial charge in [-0.05, 0) is 39.1 Å². The molecule has 0 unspecified atom stereocenters. The third kappa shape index (κ3) is 4.42. The molecule has 20 heavy (non-hydrogen) atoms. The van der Waals surface area contributed by atoms with Gasteiger partial charge >= 0.3 is 6.18 Å². The van der Waals surface area contributed by atoms with Gasteiger partial charge in [0.05, 0.1) is 17.2 Å². The van der Waals surface area contributed by atoms with E-state index in [0.29, 0.717) is 18.3 Å². The first-order chi connectivity index (χ1) is 9.25. The summed E-state index contributed by atoms with van der Waals surface area (Å²) in [6.07, 6.45) is -4.52. The molecule has 0 saturated carbocycles. The number of rotatable bonds is 5. The lowest BCUT2D eigenvalue weighted by Crippen LogP contribution is -2.31. The fourth-order valence-electron chi connectivity index (χ4n) is 1.62. The summed E-state index contributed by atoms with van der Waals surface area (Å²) in [5.41, 5.74) is -0.891. The fraction of sp³-hybridized carbons (Fsp3) is 0.500. The summed E-state index contributed by atoms with van der Waals surface area (Å²) < 4.78 is 38.4. The van der Waals surface area contributed by atoms with E-state index in [2.05, 4.69) is 10.2 Å². The largest absolute Gasteiger partial charge is 0.417 e. The van der Waals surface area contributed by atoms with Crippen LogP contribution in [0.3, 0.4) is 0 Å². The molecule has 0 radical (unpaired) electrons. The van der Waals surface area contributed by atoms with Crippen LogP contribution < -0.4 is 5.32 Å². The molecule has 0 atom stereocenters. The van der Waals surface area contributed by atoms with E-state index in [0.717, 1.165) is 12.6 Å². The van der Waals surface area contributed by atoms with E-state index in [1.54, 1.807) is 6.07 Å². The van der Waals surface area contributed by atoms with Crippen molar-refractivity contribution >= 4 is 5.69 Å². The minimum Gasteiger partial charge on any atom is -0.384 e. The third-order valence-corrected chi connectivity index (χ3v) is 3.12. The summed E-state index contributed by atoms with van der Waals surface area (Å²) in [4.78, 5) is 2.08. The van der Waals surface area contributed by atoms with Crippen LogP contribution in [0.2, 0.25) is 0 Å². The molecule has 0 fully saturated rings. The molecule has 1 N–H and O–H groups in total. The molecule has 0 spiro atoms. The van der Waals surface area contributed by atoms with Crippen LogP contribution in [0.15, 0.2) is 18.2 Å². The van der Waals surface area contributed by atoms with E-state index in [1.165, 1.54) is 12.1 Å². The van der Waals surface area contributed by atoms with Gasteiger partial charge in [0.25, 0.3) is 0 Å². The number of anilines is 1. The molecule has 0 bridgehead atoms. The van der Waals surface area contributed by atoms with E-state index < -0.39 is 11.7 Å². The highest BCUT2D eigenvalue weighted by molar-refractivity contribution is 5.53. The second kappa shape index (κ2) is 6.62. The van der Waals surface area contributed by atoms with Gasteiger partial charge in [0, 0.05) is 24.8 Å². The lowest BCUT2D eigenvalue weighted by molar-refractivity contribution is -0.137. The van der Waals surface area contributed by atoms with Gasteiger partial charge in [0.1, 0.15) is 0 Å². The highest BCUT2D eigenvalue weighted by atomic mass is 19.4. The quantitative estimate of drug-likeness (QED) is 0.902. The Morgan fingerprint density at radius 3 is 2.50 bits per heavy atom. The van der Waals surface area contributed by atoms with Crippen LogP contribution in [-0.4, -0.2) is 31.1 Å². The van der Waals surface area contributed by atoms with Crippen LogP contribution in [0.25, 0.3) is 0 Å². The summed E-state index contributed by atoms with van der Waals surface area (Å²) in [5, 5.41) is 11.6. The van der Waals surface area contributed by atoms with Crippen molar-refractivity contribution < 1.29 is 13.2 Å². The Morgan fingerprint density at radius 2 is 2.00 bits per heavy atom. The topological polar surface area (TPSA) is 39.1 Å². The molecule has 0 aliphatic heterocycles. The lowest BCUT2D eigenvalue weighted by atomic mass is 10.1. The Kier molecular flexibility index (Phi) is 5.40. The number of hydrogen-bond acceptors (Lipinski definition) is 3. The molecule has 0 heterocycles.